The molecule has 1 aliphatic heterocycles. The number of nitrogens with zero attached hydrogens (tertiary/aromatic N) is 2. The van der Waals surface area contributed by atoms with Crippen LogP contribution in [-0.2, 0) is 4.74 Å². The first-order chi connectivity index (χ1) is 7.70. The first-order valence-corrected chi connectivity index (χ1v) is 6.32. The quantitative estimate of drug-likeness (QED) is 0.468. The van der Waals surface area contributed by atoms with E-state index in [2.05, 4.69) is 16.8 Å². The third kappa shape index (κ3) is 4.28. The third-order valence-corrected chi connectivity index (χ3v) is 3.77. The van der Waals surface area contributed by atoms with Crippen LogP contribution in [0.15, 0.2) is 4.99 Å². The van der Waals surface area contributed by atoms with Gasteiger partial charge in [0.2, 0.25) is 0 Å². The van der Waals surface area contributed by atoms with Gasteiger partial charge in [-0.1, -0.05) is 19.8 Å². The van der Waals surface area contributed by atoms with Gasteiger partial charge in [0, 0.05) is 19.6 Å². The zero-order valence-corrected chi connectivity index (χ0v) is 13.0. The fraction of sp³-hybridized carbons (Fsp3) is 0.917. The monoisotopic (exact) mass is 353 g/mol. The van der Waals surface area contributed by atoms with Crippen LogP contribution in [0.1, 0.15) is 32.6 Å². The SMILES string of the molecule is CC1(CN=C(N)N2CCOCC2)CCCC1.I. The zero-order chi connectivity index (χ0) is 11.4. The van der Waals surface area contributed by atoms with Gasteiger partial charge in [-0.3, -0.25) is 4.99 Å². The Hall–Kier alpha value is -0.0400. The summed E-state index contributed by atoms with van der Waals surface area (Å²) in [7, 11) is 0. The number of guanidine groups is 1. The first-order valence-electron chi connectivity index (χ1n) is 6.32. The van der Waals surface area contributed by atoms with Gasteiger partial charge in [-0.05, 0) is 18.3 Å². The molecule has 1 heterocycles. The molecule has 2 rings (SSSR count). The van der Waals surface area contributed by atoms with E-state index in [0.29, 0.717) is 11.4 Å². The molecule has 5 heteroatoms. The average molecular weight is 353 g/mol. The molecular formula is C12H24IN3O. The smallest absolute Gasteiger partial charge is 0.191 e. The summed E-state index contributed by atoms with van der Waals surface area (Å²) < 4.78 is 5.30. The molecule has 0 spiro atoms. The van der Waals surface area contributed by atoms with E-state index in [-0.39, 0.29) is 24.0 Å². The summed E-state index contributed by atoms with van der Waals surface area (Å²) in [4.78, 5) is 6.69. The summed E-state index contributed by atoms with van der Waals surface area (Å²) in [5, 5.41) is 0. The van der Waals surface area contributed by atoms with E-state index in [9.17, 15) is 0 Å². The van der Waals surface area contributed by atoms with Crippen molar-refractivity contribution >= 4 is 29.9 Å². The predicted molar refractivity (Wildman–Crippen MR) is 80.9 cm³/mol. The maximum absolute atomic E-state index is 6.01. The van der Waals surface area contributed by atoms with Crippen LogP contribution in [-0.4, -0.2) is 43.7 Å². The zero-order valence-electron chi connectivity index (χ0n) is 10.7. The van der Waals surface area contributed by atoms with Crippen LogP contribution in [0.25, 0.3) is 0 Å². The lowest BCUT2D eigenvalue weighted by molar-refractivity contribution is 0.0673. The lowest BCUT2D eigenvalue weighted by Gasteiger charge is -2.28. The number of rotatable bonds is 2. The number of nitrogens with two attached hydrogens (primary N) is 1. The lowest BCUT2D eigenvalue weighted by atomic mass is 9.89. The summed E-state index contributed by atoms with van der Waals surface area (Å²) in [6.45, 7) is 6.52. The van der Waals surface area contributed by atoms with Crippen LogP contribution in [0.2, 0.25) is 0 Å². The second-order valence-electron chi connectivity index (χ2n) is 5.29. The van der Waals surface area contributed by atoms with Gasteiger partial charge >= 0.3 is 0 Å². The second kappa shape index (κ2) is 6.78. The molecule has 1 aliphatic carbocycles. The minimum Gasteiger partial charge on any atom is -0.378 e. The number of ether oxygens (including phenoxy) is 1. The normalized spacial score (nSPS) is 24.5. The fourth-order valence-corrected chi connectivity index (χ4v) is 2.55. The summed E-state index contributed by atoms with van der Waals surface area (Å²) >= 11 is 0. The van der Waals surface area contributed by atoms with Crippen LogP contribution in [0.4, 0.5) is 0 Å². The minimum atomic E-state index is 0. The van der Waals surface area contributed by atoms with E-state index in [1.165, 1.54) is 25.7 Å². The summed E-state index contributed by atoms with van der Waals surface area (Å²) in [6.07, 6.45) is 5.30. The van der Waals surface area contributed by atoms with E-state index in [1.807, 2.05) is 0 Å². The second-order valence-corrected chi connectivity index (χ2v) is 5.29. The molecule has 2 fully saturated rings. The van der Waals surface area contributed by atoms with Crippen LogP contribution in [0.3, 0.4) is 0 Å². The highest BCUT2D eigenvalue weighted by Gasteiger charge is 2.28. The Labute approximate surface area is 121 Å². The summed E-state index contributed by atoms with van der Waals surface area (Å²) in [5.74, 6) is 0.705. The van der Waals surface area contributed by atoms with Crippen molar-refractivity contribution in [2.24, 2.45) is 16.1 Å². The fourth-order valence-electron chi connectivity index (χ4n) is 2.55. The maximum atomic E-state index is 6.01. The molecule has 0 bridgehead atoms. The van der Waals surface area contributed by atoms with Gasteiger partial charge in [0.25, 0.3) is 0 Å². The maximum Gasteiger partial charge on any atom is 0.191 e. The van der Waals surface area contributed by atoms with E-state index in [0.717, 1.165) is 32.8 Å². The largest absolute Gasteiger partial charge is 0.378 e. The molecule has 1 saturated carbocycles. The highest BCUT2D eigenvalue weighted by Crippen LogP contribution is 2.37. The molecule has 0 aromatic heterocycles. The Kier molecular flexibility index (Phi) is 5.99. The van der Waals surface area contributed by atoms with E-state index in [4.69, 9.17) is 10.5 Å². The molecule has 1 saturated heterocycles. The van der Waals surface area contributed by atoms with Gasteiger partial charge in [0.1, 0.15) is 0 Å². The molecule has 17 heavy (non-hydrogen) atoms. The van der Waals surface area contributed by atoms with E-state index in [1.54, 1.807) is 0 Å². The van der Waals surface area contributed by atoms with Crippen LogP contribution in [0.5, 0.6) is 0 Å². The molecule has 0 aromatic carbocycles. The van der Waals surface area contributed by atoms with Crippen LogP contribution in [0, 0.1) is 5.41 Å². The van der Waals surface area contributed by atoms with Crippen molar-refractivity contribution in [3.05, 3.63) is 0 Å². The number of hydrogen-bond donors (Lipinski definition) is 1. The van der Waals surface area contributed by atoms with Gasteiger partial charge in [-0.2, -0.15) is 0 Å². The molecule has 0 radical (unpaired) electrons. The number of halogens is 1. The molecule has 2 N–H and O–H groups in total. The van der Waals surface area contributed by atoms with Gasteiger partial charge < -0.3 is 15.4 Å². The van der Waals surface area contributed by atoms with Crippen molar-refractivity contribution in [1.82, 2.24) is 4.90 Å². The molecule has 0 aromatic rings. The molecule has 100 valence electrons. The molecule has 2 aliphatic rings. The number of aliphatic imine (C=N–C) groups is 1. The van der Waals surface area contributed by atoms with E-state index < -0.39 is 0 Å². The molecular weight excluding hydrogens is 329 g/mol. The Bertz CT molecular complexity index is 258. The Morgan fingerprint density at radius 3 is 2.47 bits per heavy atom. The van der Waals surface area contributed by atoms with Crippen molar-refractivity contribution in [3.63, 3.8) is 0 Å². The van der Waals surface area contributed by atoms with Crippen molar-refractivity contribution < 1.29 is 4.74 Å². The highest BCUT2D eigenvalue weighted by molar-refractivity contribution is 14.0. The van der Waals surface area contributed by atoms with Crippen molar-refractivity contribution in [3.8, 4) is 0 Å². The summed E-state index contributed by atoms with van der Waals surface area (Å²) in [5.41, 5.74) is 6.41. The Balaban J connectivity index is 0.00000144. The Morgan fingerprint density at radius 2 is 1.88 bits per heavy atom. The predicted octanol–water partition coefficient (Wildman–Crippen LogP) is 1.83. The van der Waals surface area contributed by atoms with Crippen molar-refractivity contribution in [1.29, 1.82) is 0 Å². The van der Waals surface area contributed by atoms with Gasteiger partial charge in [0.05, 0.1) is 13.2 Å². The minimum absolute atomic E-state index is 0. The standard InChI is InChI=1S/C12H23N3O.HI/c1-12(4-2-3-5-12)10-14-11(13)15-6-8-16-9-7-15;/h2-10H2,1H3,(H2,13,14);1H. The van der Waals surface area contributed by atoms with Gasteiger partial charge in [-0.15, -0.1) is 24.0 Å². The highest BCUT2D eigenvalue weighted by atomic mass is 127. The van der Waals surface area contributed by atoms with Crippen molar-refractivity contribution in [2.45, 2.75) is 32.6 Å². The van der Waals surface area contributed by atoms with Gasteiger partial charge in [-0.25, -0.2) is 0 Å². The number of hydrogen-bond acceptors (Lipinski definition) is 2. The van der Waals surface area contributed by atoms with Crippen LogP contribution >= 0.6 is 24.0 Å². The summed E-state index contributed by atoms with van der Waals surface area (Å²) in [6, 6.07) is 0. The van der Waals surface area contributed by atoms with Gasteiger partial charge in [0.15, 0.2) is 5.96 Å². The molecule has 0 unspecified atom stereocenters. The van der Waals surface area contributed by atoms with Crippen LogP contribution < -0.4 is 5.73 Å². The van der Waals surface area contributed by atoms with E-state index >= 15 is 0 Å². The Morgan fingerprint density at radius 1 is 1.29 bits per heavy atom. The lowest BCUT2D eigenvalue weighted by Crippen LogP contribution is -2.45. The van der Waals surface area contributed by atoms with Crippen molar-refractivity contribution in [2.75, 3.05) is 32.8 Å². The molecule has 0 amide bonds. The average Bonchev–Trinajstić information content (AvgIpc) is 2.75. The first kappa shape index (κ1) is 15.0. The third-order valence-electron chi connectivity index (χ3n) is 3.77. The molecule has 0 atom stereocenters. The number of morpholine rings is 1. The topological polar surface area (TPSA) is 50.8 Å². The molecule has 4 nitrogen and oxygen atoms in total.